The third-order valence-electron chi connectivity index (χ3n) is 4.18. The van der Waals surface area contributed by atoms with Gasteiger partial charge in [-0.15, -0.1) is 0 Å². The third-order valence-corrected chi connectivity index (χ3v) is 4.18. The Labute approximate surface area is 94.3 Å². The molecule has 0 saturated heterocycles. The molecule has 0 N–H and O–H groups in total. The fourth-order valence-corrected chi connectivity index (χ4v) is 3.24. The molecule has 90 valence electrons. The quantitative estimate of drug-likeness (QED) is 0.652. The first kappa shape index (κ1) is 13.0. The van der Waals surface area contributed by atoms with Crippen molar-refractivity contribution in [3.8, 4) is 0 Å². The number of rotatable bonds is 5. The fraction of sp³-hybridized carbons (Fsp3) is 1.00. The van der Waals surface area contributed by atoms with Crippen molar-refractivity contribution >= 4 is 0 Å². The molecule has 0 aromatic rings. The highest BCUT2D eigenvalue weighted by Gasteiger charge is 2.43. The maximum atomic E-state index is 5.70. The first-order valence-electron chi connectivity index (χ1n) is 6.18. The first-order valence-corrected chi connectivity index (χ1v) is 6.18. The predicted octanol–water partition coefficient (Wildman–Crippen LogP) is 3.46. The molecule has 2 nitrogen and oxygen atoms in total. The zero-order valence-corrected chi connectivity index (χ0v) is 10.9. The topological polar surface area (TPSA) is 18.5 Å². The molecular formula is C13H26O2. The summed E-state index contributed by atoms with van der Waals surface area (Å²) in [4.78, 5) is 0. The van der Waals surface area contributed by atoms with Gasteiger partial charge < -0.3 is 9.47 Å². The molecule has 1 atom stereocenters. The summed E-state index contributed by atoms with van der Waals surface area (Å²) in [7, 11) is 3.55. The van der Waals surface area contributed by atoms with E-state index in [4.69, 9.17) is 9.47 Å². The highest BCUT2D eigenvalue weighted by molar-refractivity contribution is 4.86. The molecule has 1 aliphatic carbocycles. The number of hydrogen-bond donors (Lipinski definition) is 0. The number of ether oxygens (including phenoxy) is 2. The largest absolute Gasteiger partial charge is 0.353 e. The second-order valence-corrected chi connectivity index (χ2v) is 5.12. The van der Waals surface area contributed by atoms with Crippen LogP contribution in [0.4, 0.5) is 0 Å². The van der Waals surface area contributed by atoms with Crippen LogP contribution >= 0.6 is 0 Å². The Morgan fingerprint density at radius 1 is 1.00 bits per heavy atom. The Morgan fingerprint density at radius 3 is 1.80 bits per heavy atom. The molecular weight excluding hydrogens is 188 g/mol. The van der Waals surface area contributed by atoms with Crippen LogP contribution in [0.5, 0.6) is 0 Å². The van der Waals surface area contributed by atoms with Gasteiger partial charge >= 0.3 is 0 Å². The normalized spacial score (nSPS) is 21.2. The van der Waals surface area contributed by atoms with Gasteiger partial charge in [0.15, 0.2) is 5.79 Å². The Hall–Kier alpha value is -0.0800. The van der Waals surface area contributed by atoms with Crippen molar-refractivity contribution < 1.29 is 9.47 Å². The van der Waals surface area contributed by atoms with E-state index in [9.17, 15) is 0 Å². The molecule has 1 aliphatic rings. The lowest BCUT2D eigenvalue weighted by molar-refractivity contribution is -0.270. The first-order chi connectivity index (χ1) is 7.08. The van der Waals surface area contributed by atoms with Crippen molar-refractivity contribution in [2.24, 2.45) is 17.8 Å². The molecule has 1 fully saturated rings. The number of hydrogen-bond acceptors (Lipinski definition) is 2. The summed E-state index contributed by atoms with van der Waals surface area (Å²) in [6.07, 6.45) is 5.41. The molecule has 1 unspecified atom stereocenters. The van der Waals surface area contributed by atoms with Crippen molar-refractivity contribution in [2.75, 3.05) is 14.2 Å². The summed E-state index contributed by atoms with van der Waals surface area (Å²) < 4.78 is 11.4. The SMILES string of the molecule is COC(OC)(C(C)C)C(C)C1CCCC1. The van der Waals surface area contributed by atoms with Gasteiger partial charge in [0.2, 0.25) is 0 Å². The summed E-state index contributed by atoms with van der Waals surface area (Å²) in [6, 6.07) is 0. The highest BCUT2D eigenvalue weighted by Crippen LogP contribution is 2.41. The Bertz CT molecular complexity index is 179. The summed E-state index contributed by atoms with van der Waals surface area (Å²) >= 11 is 0. The van der Waals surface area contributed by atoms with Crippen LogP contribution in [0.25, 0.3) is 0 Å². The number of methoxy groups -OCH3 is 2. The Morgan fingerprint density at radius 2 is 1.47 bits per heavy atom. The van der Waals surface area contributed by atoms with E-state index in [1.807, 2.05) is 0 Å². The molecule has 0 radical (unpaired) electrons. The van der Waals surface area contributed by atoms with Crippen molar-refractivity contribution in [3.63, 3.8) is 0 Å². The lowest BCUT2D eigenvalue weighted by Crippen LogP contribution is -2.48. The predicted molar refractivity (Wildman–Crippen MR) is 62.7 cm³/mol. The average Bonchev–Trinajstić information content (AvgIpc) is 2.72. The maximum Gasteiger partial charge on any atom is 0.172 e. The molecule has 0 aromatic heterocycles. The Balaban J connectivity index is 2.77. The molecule has 1 saturated carbocycles. The summed E-state index contributed by atoms with van der Waals surface area (Å²) in [6.45, 7) is 6.64. The molecule has 0 aromatic carbocycles. The minimum Gasteiger partial charge on any atom is -0.353 e. The van der Waals surface area contributed by atoms with Crippen LogP contribution in [-0.4, -0.2) is 20.0 Å². The van der Waals surface area contributed by atoms with E-state index in [1.165, 1.54) is 25.7 Å². The zero-order valence-electron chi connectivity index (χ0n) is 10.9. The van der Waals surface area contributed by atoms with Crippen LogP contribution in [-0.2, 0) is 9.47 Å². The standard InChI is InChI=1S/C13H26O2/c1-10(2)13(14-4,15-5)11(3)12-8-6-7-9-12/h10-12H,6-9H2,1-5H3. The van der Waals surface area contributed by atoms with Gasteiger partial charge in [-0.25, -0.2) is 0 Å². The minimum absolute atomic E-state index is 0.392. The van der Waals surface area contributed by atoms with E-state index in [0.717, 1.165) is 5.92 Å². The zero-order chi connectivity index (χ0) is 11.5. The maximum absolute atomic E-state index is 5.70. The molecule has 0 amide bonds. The summed E-state index contributed by atoms with van der Waals surface area (Å²) in [5.41, 5.74) is 0. The van der Waals surface area contributed by atoms with Crippen LogP contribution in [0.2, 0.25) is 0 Å². The Kier molecular flexibility index (Phi) is 4.60. The van der Waals surface area contributed by atoms with E-state index in [0.29, 0.717) is 11.8 Å². The second kappa shape index (κ2) is 5.31. The van der Waals surface area contributed by atoms with E-state index in [1.54, 1.807) is 14.2 Å². The van der Waals surface area contributed by atoms with E-state index in [2.05, 4.69) is 20.8 Å². The van der Waals surface area contributed by atoms with Gasteiger partial charge in [0.25, 0.3) is 0 Å². The fourth-order valence-electron chi connectivity index (χ4n) is 3.24. The van der Waals surface area contributed by atoms with Crippen LogP contribution in [0.3, 0.4) is 0 Å². The van der Waals surface area contributed by atoms with Crippen molar-refractivity contribution in [1.82, 2.24) is 0 Å². The monoisotopic (exact) mass is 214 g/mol. The molecule has 15 heavy (non-hydrogen) atoms. The second-order valence-electron chi connectivity index (χ2n) is 5.12. The van der Waals surface area contributed by atoms with Gasteiger partial charge in [-0.1, -0.05) is 33.6 Å². The lowest BCUT2D eigenvalue weighted by Gasteiger charge is -2.42. The highest BCUT2D eigenvalue weighted by atomic mass is 16.7. The minimum atomic E-state index is -0.394. The van der Waals surface area contributed by atoms with E-state index in [-0.39, 0.29) is 0 Å². The van der Waals surface area contributed by atoms with Crippen LogP contribution in [0.1, 0.15) is 46.5 Å². The van der Waals surface area contributed by atoms with E-state index < -0.39 is 5.79 Å². The summed E-state index contributed by atoms with van der Waals surface area (Å²) in [5, 5.41) is 0. The molecule has 0 bridgehead atoms. The molecule has 0 heterocycles. The smallest absolute Gasteiger partial charge is 0.172 e. The van der Waals surface area contributed by atoms with Gasteiger partial charge in [0.05, 0.1) is 0 Å². The van der Waals surface area contributed by atoms with Gasteiger partial charge in [-0.2, -0.15) is 0 Å². The van der Waals surface area contributed by atoms with Gasteiger partial charge in [-0.3, -0.25) is 0 Å². The molecule has 0 aliphatic heterocycles. The molecule has 1 rings (SSSR count). The van der Waals surface area contributed by atoms with Gasteiger partial charge in [0.1, 0.15) is 0 Å². The van der Waals surface area contributed by atoms with Crippen molar-refractivity contribution in [1.29, 1.82) is 0 Å². The van der Waals surface area contributed by atoms with Crippen LogP contribution in [0.15, 0.2) is 0 Å². The van der Waals surface area contributed by atoms with Crippen molar-refractivity contribution in [2.45, 2.75) is 52.2 Å². The van der Waals surface area contributed by atoms with Gasteiger partial charge in [0, 0.05) is 26.1 Å². The van der Waals surface area contributed by atoms with Gasteiger partial charge in [-0.05, 0) is 18.8 Å². The lowest BCUT2D eigenvalue weighted by atomic mass is 9.80. The average molecular weight is 214 g/mol. The van der Waals surface area contributed by atoms with Crippen molar-refractivity contribution in [3.05, 3.63) is 0 Å². The third kappa shape index (κ3) is 2.36. The molecule has 0 spiro atoms. The van der Waals surface area contributed by atoms with E-state index >= 15 is 0 Å². The molecule has 2 heteroatoms. The summed E-state index contributed by atoms with van der Waals surface area (Å²) in [5.74, 6) is 1.25. The van der Waals surface area contributed by atoms with Crippen LogP contribution < -0.4 is 0 Å². The van der Waals surface area contributed by atoms with Crippen LogP contribution in [0, 0.1) is 17.8 Å².